The largest absolute Gasteiger partial charge is 0.496 e. The fourth-order valence-corrected chi connectivity index (χ4v) is 2.17. The van der Waals surface area contributed by atoms with Crippen LogP contribution in [-0.2, 0) is 11.2 Å². The van der Waals surface area contributed by atoms with Crippen molar-refractivity contribution in [3.05, 3.63) is 29.3 Å². The van der Waals surface area contributed by atoms with Gasteiger partial charge in [0.1, 0.15) is 5.75 Å². The van der Waals surface area contributed by atoms with E-state index in [9.17, 15) is 4.79 Å². The number of carbonyl (C=O) groups excluding carboxylic acids is 1. The summed E-state index contributed by atoms with van der Waals surface area (Å²) in [4.78, 5) is 17.6. The average Bonchev–Trinajstić information content (AvgIpc) is 2.56. The summed E-state index contributed by atoms with van der Waals surface area (Å²) in [5, 5.41) is 6.49. The van der Waals surface area contributed by atoms with Crippen molar-refractivity contribution in [3.8, 4) is 5.75 Å². The van der Waals surface area contributed by atoms with Crippen LogP contribution in [0.3, 0.4) is 0 Å². The molecule has 1 aromatic carbocycles. The normalized spacial score (nSPS) is 10.7. The second-order valence-electron chi connectivity index (χ2n) is 5.78. The van der Waals surface area contributed by atoms with E-state index in [1.165, 1.54) is 5.56 Å². The van der Waals surface area contributed by atoms with E-state index in [0.29, 0.717) is 13.0 Å². The monoisotopic (exact) mass is 462 g/mol. The van der Waals surface area contributed by atoms with Gasteiger partial charge in [0.05, 0.1) is 13.7 Å². The van der Waals surface area contributed by atoms with Crippen LogP contribution in [0.1, 0.15) is 24.5 Å². The number of hydrogen-bond donors (Lipinski definition) is 2. The molecule has 0 heterocycles. The molecule has 0 saturated heterocycles. The molecule has 0 spiro atoms. The Balaban J connectivity index is 0.00000576. The van der Waals surface area contributed by atoms with E-state index >= 15 is 0 Å². The molecule has 1 rings (SSSR count). The number of carbonyl (C=O) groups is 1. The quantitative estimate of drug-likeness (QED) is 0.353. The molecule has 0 aliphatic rings. The van der Waals surface area contributed by atoms with Crippen molar-refractivity contribution in [2.45, 2.75) is 26.7 Å². The molecule has 0 fully saturated rings. The summed E-state index contributed by atoms with van der Waals surface area (Å²) in [6, 6.07) is 6.25. The first-order valence-corrected chi connectivity index (χ1v) is 8.33. The number of halogens is 1. The van der Waals surface area contributed by atoms with Gasteiger partial charge in [0, 0.05) is 33.6 Å². The van der Waals surface area contributed by atoms with Gasteiger partial charge in [0.25, 0.3) is 0 Å². The van der Waals surface area contributed by atoms with Gasteiger partial charge in [-0.15, -0.1) is 24.0 Å². The topological polar surface area (TPSA) is 66.0 Å². The molecule has 25 heavy (non-hydrogen) atoms. The Labute approximate surface area is 168 Å². The Morgan fingerprint density at radius 3 is 2.60 bits per heavy atom. The van der Waals surface area contributed by atoms with Crippen LogP contribution in [0.2, 0.25) is 0 Å². The van der Waals surface area contributed by atoms with Gasteiger partial charge in [-0.05, 0) is 37.5 Å². The summed E-state index contributed by atoms with van der Waals surface area (Å²) in [7, 11) is 5.20. The molecular formula is C18H31IN4O2. The number of rotatable bonds is 8. The van der Waals surface area contributed by atoms with E-state index in [-0.39, 0.29) is 29.9 Å². The minimum Gasteiger partial charge on any atom is -0.496 e. The summed E-state index contributed by atoms with van der Waals surface area (Å²) in [6.45, 7) is 6.08. The Bertz CT molecular complexity index is 562. The van der Waals surface area contributed by atoms with Gasteiger partial charge in [-0.3, -0.25) is 9.79 Å². The summed E-state index contributed by atoms with van der Waals surface area (Å²) in [5.41, 5.74) is 2.35. The van der Waals surface area contributed by atoms with Crippen LogP contribution in [0.5, 0.6) is 5.75 Å². The third kappa shape index (κ3) is 8.94. The van der Waals surface area contributed by atoms with E-state index in [1.807, 2.05) is 13.8 Å². The zero-order chi connectivity index (χ0) is 17.9. The van der Waals surface area contributed by atoms with E-state index in [4.69, 9.17) is 4.74 Å². The van der Waals surface area contributed by atoms with Crippen molar-refractivity contribution in [3.63, 3.8) is 0 Å². The Hall–Kier alpha value is -1.51. The molecule has 0 saturated carbocycles. The van der Waals surface area contributed by atoms with Gasteiger partial charge < -0.3 is 20.3 Å². The third-order valence-electron chi connectivity index (χ3n) is 3.62. The number of nitrogens with zero attached hydrogens (tertiary/aromatic N) is 2. The van der Waals surface area contributed by atoms with Gasteiger partial charge in [-0.25, -0.2) is 0 Å². The van der Waals surface area contributed by atoms with Crippen molar-refractivity contribution in [2.24, 2.45) is 4.99 Å². The van der Waals surface area contributed by atoms with Crippen molar-refractivity contribution in [2.75, 3.05) is 40.8 Å². The highest BCUT2D eigenvalue weighted by Gasteiger charge is 2.04. The molecular weight excluding hydrogens is 431 g/mol. The molecule has 0 radical (unpaired) electrons. The van der Waals surface area contributed by atoms with Crippen LogP contribution < -0.4 is 15.4 Å². The molecule has 7 heteroatoms. The molecule has 2 N–H and O–H groups in total. The number of aliphatic imine (C=N–C) groups is 1. The predicted molar refractivity (Wildman–Crippen MR) is 114 cm³/mol. The van der Waals surface area contributed by atoms with Crippen LogP contribution in [0.15, 0.2) is 23.2 Å². The molecule has 0 aliphatic carbocycles. The summed E-state index contributed by atoms with van der Waals surface area (Å²) in [5.74, 6) is 1.74. The van der Waals surface area contributed by atoms with Crippen molar-refractivity contribution in [1.29, 1.82) is 0 Å². The lowest BCUT2D eigenvalue weighted by atomic mass is 10.1. The van der Waals surface area contributed by atoms with Crippen LogP contribution in [-0.4, -0.2) is 57.6 Å². The molecule has 0 unspecified atom stereocenters. The molecule has 0 bridgehead atoms. The van der Waals surface area contributed by atoms with E-state index < -0.39 is 0 Å². The first kappa shape index (κ1) is 23.5. The van der Waals surface area contributed by atoms with E-state index in [1.54, 1.807) is 26.1 Å². The van der Waals surface area contributed by atoms with Crippen molar-refractivity contribution < 1.29 is 9.53 Å². The van der Waals surface area contributed by atoms with Gasteiger partial charge in [-0.1, -0.05) is 12.1 Å². The molecule has 142 valence electrons. The lowest BCUT2D eigenvalue weighted by Gasteiger charge is -2.13. The molecule has 6 nitrogen and oxygen atoms in total. The van der Waals surface area contributed by atoms with Crippen LogP contribution in [0.4, 0.5) is 0 Å². The molecule has 0 aliphatic heterocycles. The van der Waals surface area contributed by atoms with Crippen molar-refractivity contribution in [1.82, 2.24) is 15.5 Å². The van der Waals surface area contributed by atoms with Crippen LogP contribution in [0, 0.1) is 6.92 Å². The number of nitrogens with one attached hydrogen (secondary N) is 2. The first-order valence-electron chi connectivity index (χ1n) is 8.33. The lowest BCUT2D eigenvalue weighted by Crippen LogP contribution is -2.38. The number of ether oxygens (including phenoxy) is 1. The highest BCUT2D eigenvalue weighted by atomic mass is 127. The Morgan fingerprint density at radius 2 is 2.00 bits per heavy atom. The number of aryl methyl sites for hydroxylation is 1. The van der Waals surface area contributed by atoms with E-state index in [0.717, 1.165) is 36.8 Å². The lowest BCUT2D eigenvalue weighted by molar-refractivity contribution is -0.128. The zero-order valence-corrected chi connectivity index (χ0v) is 18.2. The minimum atomic E-state index is 0. The highest BCUT2D eigenvalue weighted by molar-refractivity contribution is 14.0. The number of methoxy groups -OCH3 is 1. The van der Waals surface area contributed by atoms with Crippen LogP contribution in [0.25, 0.3) is 0 Å². The van der Waals surface area contributed by atoms with Gasteiger partial charge in [0.2, 0.25) is 5.91 Å². The number of benzene rings is 1. The first-order chi connectivity index (χ1) is 11.5. The number of amides is 1. The SMILES string of the molecule is CCNC(=NCCC(=O)N(C)C)NCCc1ccc(C)c(OC)c1.I. The highest BCUT2D eigenvalue weighted by Crippen LogP contribution is 2.18. The van der Waals surface area contributed by atoms with Gasteiger partial charge in [0.15, 0.2) is 5.96 Å². The number of hydrogen-bond acceptors (Lipinski definition) is 3. The van der Waals surface area contributed by atoms with E-state index in [2.05, 4.69) is 33.8 Å². The minimum absolute atomic E-state index is 0. The molecule has 0 aromatic heterocycles. The van der Waals surface area contributed by atoms with Gasteiger partial charge >= 0.3 is 0 Å². The number of guanidine groups is 1. The van der Waals surface area contributed by atoms with Crippen LogP contribution >= 0.6 is 24.0 Å². The smallest absolute Gasteiger partial charge is 0.223 e. The third-order valence-corrected chi connectivity index (χ3v) is 3.62. The predicted octanol–water partition coefficient (Wildman–Crippen LogP) is 2.20. The maximum absolute atomic E-state index is 11.6. The standard InChI is InChI=1S/C18H30N4O2.HI/c1-6-19-18(21-12-10-17(23)22(3)4)20-11-9-15-8-7-14(2)16(13-15)24-5;/h7-8,13H,6,9-12H2,1-5H3,(H2,19,20,21);1H. The molecule has 1 aromatic rings. The summed E-state index contributed by atoms with van der Waals surface area (Å²) in [6.07, 6.45) is 1.29. The second-order valence-corrected chi connectivity index (χ2v) is 5.78. The van der Waals surface area contributed by atoms with Crippen molar-refractivity contribution >= 4 is 35.8 Å². The molecule has 1 amide bonds. The average molecular weight is 462 g/mol. The Morgan fingerprint density at radius 1 is 1.28 bits per heavy atom. The zero-order valence-electron chi connectivity index (χ0n) is 15.9. The fourth-order valence-electron chi connectivity index (χ4n) is 2.17. The van der Waals surface area contributed by atoms with Gasteiger partial charge in [-0.2, -0.15) is 0 Å². The second kappa shape index (κ2) is 12.8. The fraction of sp³-hybridized carbons (Fsp3) is 0.556. The maximum atomic E-state index is 11.6. The summed E-state index contributed by atoms with van der Waals surface area (Å²) >= 11 is 0. The Kier molecular flexibility index (Phi) is 12.0. The maximum Gasteiger partial charge on any atom is 0.223 e. The summed E-state index contributed by atoms with van der Waals surface area (Å²) < 4.78 is 5.35. The molecule has 0 atom stereocenters.